The first-order valence-electron chi connectivity index (χ1n) is 4.63. The van der Waals surface area contributed by atoms with Crippen molar-refractivity contribution in [1.29, 1.82) is 0 Å². The molecule has 5 heteroatoms. The lowest BCUT2D eigenvalue weighted by Gasteiger charge is -2.04. The maximum atomic E-state index is 13.6. The van der Waals surface area contributed by atoms with Crippen LogP contribution in [-0.4, -0.2) is 9.97 Å². The Morgan fingerprint density at radius 2 is 2.00 bits per heavy atom. The Balaban J connectivity index is 2.58. The largest absolute Gasteiger partial charge is 0.384 e. The van der Waals surface area contributed by atoms with Gasteiger partial charge in [0.25, 0.3) is 0 Å². The maximum Gasteiger partial charge on any atom is 0.164 e. The summed E-state index contributed by atoms with van der Waals surface area (Å²) in [5.41, 5.74) is 6.65. The van der Waals surface area contributed by atoms with Crippen molar-refractivity contribution in [1.82, 2.24) is 9.97 Å². The minimum absolute atomic E-state index is 0.308. The van der Waals surface area contributed by atoms with Crippen LogP contribution in [0.3, 0.4) is 0 Å². The Morgan fingerprint density at radius 3 is 2.62 bits per heavy atom. The molecule has 0 unspecified atom stereocenters. The molecule has 0 fully saturated rings. The summed E-state index contributed by atoms with van der Waals surface area (Å²) in [5.74, 6) is 0.270. The fraction of sp³-hybridized carbons (Fsp3) is 0.0909. The Hall–Kier alpha value is -1.49. The minimum Gasteiger partial charge on any atom is -0.384 e. The van der Waals surface area contributed by atoms with Crippen molar-refractivity contribution in [3.8, 4) is 11.4 Å². The Kier molecular flexibility index (Phi) is 2.87. The Morgan fingerprint density at radius 1 is 1.25 bits per heavy atom. The van der Waals surface area contributed by atoms with Crippen molar-refractivity contribution >= 4 is 21.7 Å². The lowest BCUT2D eigenvalue weighted by atomic mass is 10.2. The van der Waals surface area contributed by atoms with E-state index in [2.05, 4.69) is 25.9 Å². The van der Waals surface area contributed by atoms with E-state index in [0.29, 0.717) is 27.4 Å². The molecule has 0 aliphatic rings. The fourth-order valence-corrected chi connectivity index (χ4v) is 1.72. The number of hydrogen-bond donors (Lipinski definition) is 1. The number of aromatic nitrogens is 2. The number of nitrogens with two attached hydrogens (primary N) is 1. The van der Waals surface area contributed by atoms with Gasteiger partial charge in [-0.15, -0.1) is 0 Å². The zero-order valence-electron chi connectivity index (χ0n) is 8.54. The second-order valence-corrected chi connectivity index (χ2v) is 4.30. The summed E-state index contributed by atoms with van der Waals surface area (Å²) in [6, 6.07) is 6.37. The number of aryl methyl sites for hydroxylation is 1. The quantitative estimate of drug-likeness (QED) is 0.874. The van der Waals surface area contributed by atoms with E-state index in [4.69, 9.17) is 5.73 Å². The van der Waals surface area contributed by atoms with Crippen LogP contribution in [0.2, 0.25) is 0 Å². The first-order valence-corrected chi connectivity index (χ1v) is 5.42. The molecule has 0 radical (unpaired) electrons. The van der Waals surface area contributed by atoms with Gasteiger partial charge in [-0.05, 0) is 25.1 Å². The number of halogens is 2. The van der Waals surface area contributed by atoms with Crippen molar-refractivity contribution in [3.05, 3.63) is 40.2 Å². The third-order valence-corrected chi connectivity index (χ3v) is 2.54. The molecule has 1 aromatic carbocycles. The molecular weight excluding hydrogens is 273 g/mol. The van der Waals surface area contributed by atoms with E-state index in [1.54, 1.807) is 25.1 Å². The highest BCUT2D eigenvalue weighted by Crippen LogP contribution is 2.23. The molecule has 0 atom stereocenters. The zero-order valence-corrected chi connectivity index (χ0v) is 10.1. The van der Waals surface area contributed by atoms with Crippen molar-refractivity contribution in [2.24, 2.45) is 0 Å². The lowest BCUT2D eigenvalue weighted by Crippen LogP contribution is -1.98. The monoisotopic (exact) mass is 281 g/mol. The Labute approximate surface area is 101 Å². The average molecular weight is 282 g/mol. The molecule has 1 heterocycles. The highest BCUT2D eigenvalue weighted by molar-refractivity contribution is 9.10. The van der Waals surface area contributed by atoms with Gasteiger partial charge in [0.15, 0.2) is 5.82 Å². The maximum absolute atomic E-state index is 13.6. The highest BCUT2D eigenvalue weighted by Gasteiger charge is 2.09. The number of hydrogen-bond acceptors (Lipinski definition) is 3. The molecule has 3 nitrogen and oxygen atoms in total. The molecule has 82 valence electrons. The summed E-state index contributed by atoms with van der Waals surface area (Å²) in [7, 11) is 0. The van der Waals surface area contributed by atoms with E-state index in [1.165, 1.54) is 6.07 Å². The molecule has 0 saturated heterocycles. The minimum atomic E-state index is -0.376. The summed E-state index contributed by atoms with van der Waals surface area (Å²) >= 11 is 3.19. The normalized spacial score (nSPS) is 10.4. The number of nitrogen functional groups attached to an aromatic ring is 1. The molecule has 0 spiro atoms. The molecule has 2 rings (SSSR count). The van der Waals surface area contributed by atoms with E-state index in [1.807, 2.05) is 0 Å². The van der Waals surface area contributed by atoms with Crippen LogP contribution in [0.4, 0.5) is 10.2 Å². The van der Waals surface area contributed by atoms with Crippen molar-refractivity contribution in [3.63, 3.8) is 0 Å². The molecule has 1 aromatic heterocycles. The van der Waals surface area contributed by atoms with Crippen LogP contribution in [0, 0.1) is 12.7 Å². The van der Waals surface area contributed by atoms with Gasteiger partial charge in [0.05, 0.1) is 5.56 Å². The van der Waals surface area contributed by atoms with Gasteiger partial charge in [-0.1, -0.05) is 15.9 Å². The topological polar surface area (TPSA) is 51.8 Å². The van der Waals surface area contributed by atoms with Gasteiger partial charge in [0.2, 0.25) is 0 Å². The number of nitrogens with zero attached hydrogens (tertiary/aromatic N) is 2. The standard InChI is InChI=1S/C11H9BrFN3/c1-6-4-10(14)16-11(15-6)8-3-2-7(12)5-9(8)13/h2-5H,1H3,(H2,14,15,16). The Bertz CT molecular complexity index is 522. The average Bonchev–Trinajstić information content (AvgIpc) is 2.15. The molecular formula is C11H9BrFN3. The molecule has 0 aliphatic heterocycles. The second-order valence-electron chi connectivity index (χ2n) is 3.38. The van der Waals surface area contributed by atoms with Gasteiger partial charge < -0.3 is 5.73 Å². The van der Waals surface area contributed by atoms with Gasteiger partial charge in [-0.25, -0.2) is 14.4 Å². The van der Waals surface area contributed by atoms with E-state index >= 15 is 0 Å². The van der Waals surface area contributed by atoms with Crippen molar-refractivity contribution < 1.29 is 4.39 Å². The summed E-state index contributed by atoms with van der Waals surface area (Å²) in [6.45, 7) is 1.79. The third kappa shape index (κ3) is 2.19. The molecule has 2 aromatic rings. The summed E-state index contributed by atoms with van der Waals surface area (Å²) < 4.78 is 14.3. The van der Waals surface area contributed by atoms with E-state index in [-0.39, 0.29) is 5.82 Å². The summed E-state index contributed by atoms with van der Waals surface area (Å²) in [5, 5.41) is 0. The molecule has 0 bridgehead atoms. The smallest absolute Gasteiger partial charge is 0.164 e. The molecule has 0 amide bonds. The number of rotatable bonds is 1. The first kappa shape index (κ1) is 11.0. The van der Waals surface area contributed by atoms with Crippen LogP contribution in [0.15, 0.2) is 28.7 Å². The first-order chi connectivity index (χ1) is 7.56. The van der Waals surface area contributed by atoms with Gasteiger partial charge >= 0.3 is 0 Å². The van der Waals surface area contributed by atoms with E-state index in [9.17, 15) is 4.39 Å². The van der Waals surface area contributed by atoms with Gasteiger partial charge in [-0.3, -0.25) is 0 Å². The van der Waals surface area contributed by atoms with Crippen LogP contribution in [0.1, 0.15) is 5.69 Å². The number of benzene rings is 1. The fourth-order valence-electron chi connectivity index (χ4n) is 1.38. The van der Waals surface area contributed by atoms with Gasteiger partial charge in [-0.2, -0.15) is 0 Å². The third-order valence-electron chi connectivity index (χ3n) is 2.05. The second kappa shape index (κ2) is 4.17. The summed E-state index contributed by atoms with van der Waals surface area (Å²) in [4.78, 5) is 8.15. The van der Waals surface area contributed by atoms with Crippen LogP contribution < -0.4 is 5.73 Å². The zero-order chi connectivity index (χ0) is 11.7. The molecule has 2 N–H and O–H groups in total. The van der Waals surface area contributed by atoms with Crippen molar-refractivity contribution in [2.45, 2.75) is 6.92 Å². The van der Waals surface area contributed by atoms with Crippen LogP contribution in [-0.2, 0) is 0 Å². The summed E-state index contributed by atoms with van der Waals surface area (Å²) in [6.07, 6.45) is 0. The predicted octanol–water partition coefficient (Wildman–Crippen LogP) is 2.94. The lowest BCUT2D eigenvalue weighted by molar-refractivity contribution is 0.629. The van der Waals surface area contributed by atoms with E-state index in [0.717, 1.165) is 0 Å². The SMILES string of the molecule is Cc1cc(N)nc(-c2ccc(Br)cc2F)n1. The van der Waals surface area contributed by atoms with Crippen molar-refractivity contribution in [2.75, 3.05) is 5.73 Å². The molecule has 0 aliphatic carbocycles. The van der Waals surface area contributed by atoms with Gasteiger partial charge in [0.1, 0.15) is 11.6 Å². The van der Waals surface area contributed by atoms with Crippen LogP contribution in [0.5, 0.6) is 0 Å². The predicted molar refractivity (Wildman–Crippen MR) is 64.3 cm³/mol. The highest BCUT2D eigenvalue weighted by atomic mass is 79.9. The van der Waals surface area contributed by atoms with E-state index < -0.39 is 0 Å². The van der Waals surface area contributed by atoms with Crippen LogP contribution in [0.25, 0.3) is 11.4 Å². The molecule has 0 saturated carbocycles. The van der Waals surface area contributed by atoms with Crippen LogP contribution >= 0.6 is 15.9 Å². The molecule has 16 heavy (non-hydrogen) atoms. The van der Waals surface area contributed by atoms with Gasteiger partial charge in [0, 0.05) is 16.2 Å². The number of anilines is 1.